The van der Waals surface area contributed by atoms with Crippen LogP contribution >= 0.6 is 11.8 Å². The van der Waals surface area contributed by atoms with Crippen LogP contribution in [0.2, 0.25) is 0 Å². The number of aromatic carboxylic acids is 1. The van der Waals surface area contributed by atoms with Crippen molar-refractivity contribution in [3.63, 3.8) is 0 Å². The van der Waals surface area contributed by atoms with Crippen molar-refractivity contribution in [1.29, 1.82) is 0 Å². The molecule has 1 aromatic rings. The highest BCUT2D eigenvalue weighted by molar-refractivity contribution is 7.99. The van der Waals surface area contributed by atoms with Gasteiger partial charge in [0.05, 0.1) is 5.56 Å². The molecule has 0 heterocycles. The van der Waals surface area contributed by atoms with E-state index in [2.05, 4.69) is 0 Å². The number of hydrogen-bond acceptors (Lipinski definition) is 5. The Bertz CT molecular complexity index is 621. The Morgan fingerprint density at radius 2 is 1.69 bits per heavy atom. The molecule has 0 saturated carbocycles. The maximum absolute atomic E-state index is 11.9. The van der Waals surface area contributed by atoms with Crippen molar-refractivity contribution in [2.75, 3.05) is 39.5 Å². The van der Waals surface area contributed by atoms with Crippen LogP contribution in [0.3, 0.4) is 0 Å². The van der Waals surface area contributed by atoms with Gasteiger partial charge in [-0.25, -0.2) is 9.59 Å². The van der Waals surface area contributed by atoms with E-state index in [0.717, 1.165) is 5.56 Å². The largest absolute Gasteiger partial charge is 0.478 e. The maximum atomic E-state index is 11.9. The molecular weight excluding hydrogens is 356 g/mol. The van der Waals surface area contributed by atoms with E-state index < -0.39 is 12.1 Å². The van der Waals surface area contributed by atoms with Crippen molar-refractivity contribution in [3.05, 3.63) is 35.4 Å². The van der Waals surface area contributed by atoms with Gasteiger partial charge in [0.2, 0.25) is 5.91 Å². The van der Waals surface area contributed by atoms with Crippen LogP contribution in [0, 0.1) is 0 Å². The molecule has 0 unspecified atom stereocenters. The fraction of sp³-hybridized carbons (Fsp3) is 0.500. The number of thioether (sulfide) groups is 1. The van der Waals surface area contributed by atoms with E-state index in [1.807, 2.05) is 6.92 Å². The lowest BCUT2D eigenvalue weighted by molar-refractivity contribution is -0.127. The average Bonchev–Trinajstić information content (AvgIpc) is 2.62. The number of likely N-dealkylation sites (N-methyl/N-ethyl adjacent to an activating group) is 2. The van der Waals surface area contributed by atoms with Gasteiger partial charge in [-0.1, -0.05) is 12.1 Å². The molecule has 0 radical (unpaired) electrons. The minimum atomic E-state index is -0.942. The van der Waals surface area contributed by atoms with Gasteiger partial charge in [-0.2, -0.15) is 11.8 Å². The van der Waals surface area contributed by atoms with Crippen LogP contribution in [-0.2, 0) is 9.53 Å². The lowest BCUT2D eigenvalue weighted by Crippen LogP contribution is -2.37. The lowest BCUT2D eigenvalue weighted by atomic mass is 10.1. The summed E-state index contributed by atoms with van der Waals surface area (Å²) in [5.41, 5.74) is 1.29. The van der Waals surface area contributed by atoms with Gasteiger partial charge in [0, 0.05) is 45.1 Å². The SMILES string of the molecule is CC(=O)N(C)CCN(C)C(=O)OCCS[C@H](C)c1ccc(C(=O)O)cc1. The quantitative estimate of drug-likeness (QED) is 0.661. The number of carbonyl (C=O) groups excluding carboxylic acids is 2. The van der Waals surface area contributed by atoms with Gasteiger partial charge in [-0.05, 0) is 24.6 Å². The van der Waals surface area contributed by atoms with Crippen LogP contribution in [0.5, 0.6) is 0 Å². The third-order valence-corrected chi connectivity index (χ3v) is 5.10. The number of carbonyl (C=O) groups is 3. The van der Waals surface area contributed by atoms with Gasteiger partial charge < -0.3 is 19.6 Å². The smallest absolute Gasteiger partial charge is 0.409 e. The standard InChI is InChI=1S/C18H26N2O5S/c1-13(15-5-7-16(8-6-15)17(22)23)26-12-11-25-18(24)20(4)10-9-19(3)14(2)21/h5-8,13H,9-12H2,1-4H3,(H,22,23)/t13-/m1/s1. The fourth-order valence-corrected chi connectivity index (χ4v) is 2.89. The molecule has 0 saturated heterocycles. The second-order valence-corrected chi connectivity index (χ2v) is 7.37. The molecule has 1 N–H and O–H groups in total. The highest BCUT2D eigenvalue weighted by Gasteiger charge is 2.13. The second kappa shape index (κ2) is 10.7. The number of ether oxygens (including phenoxy) is 1. The number of hydrogen-bond donors (Lipinski definition) is 1. The topological polar surface area (TPSA) is 87.2 Å². The Labute approximate surface area is 158 Å². The maximum Gasteiger partial charge on any atom is 0.409 e. The zero-order valence-corrected chi connectivity index (χ0v) is 16.4. The van der Waals surface area contributed by atoms with Crippen molar-refractivity contribution in [2.45, 2.75) is 19.1 Å². The van der Waals surface area contributed by atoms with E-state index >= 15 is 0 Å². The van der Waals surface area contributed by atoms with Gasteiger partial charge in [-0.15, -0.1) is 0 Å². The molecule has 0 aliphatic heterocycles. The van der Waals surface area contributed by atoms with E-state index in [1.54, 1.807) is 50.1 Å². The predicted octanol–water partition coefficient (Wildman–Crippen LogP) is 2.73. The molecule has 0 aliphatic carbocycles. The summed E-state index contributed by atoms with van der Waals surface area (Å²) in [6.07, 6.45) is -0.416. The number of benzene rings is 1. The van der Waals surface area contributed by atoms with Gasteiger partial charge in [0.15, 0.2) is 0 Å². The van der Waals surface area contributed by atoms with E-state index in [1.165, 1.54) is 16.7 Å². The van der Waals surface area contributed by atoms with Gasteiger partial charge in [0.25, 0.3) is 0 Å². The summed E-state index contributed by atoms with van der Waals surface area (Å²) in [5.74, 6) is -0.356. The molecule has 2 amide bonds. The summed E-state index contributed by atoms with van der Waals surface area (Å²) in [5, 5.41) is 9.07. The molecule has 0 spiro atoms. The summed E-state index contributed by atoms with van der Waals surface area (Å²) >= 11 is 1.62. The van der Waals surface area contributed by atoms with E-state index in [9.17, 15) is 14.4 Å². The van der Waals surface area contributed by atoms with E-state index in [0.29, 0.717) is 18.8 Å². The van der Waals surface area contributed by atoms with Gasteiger partial charge in [0.1, 0.15) is 6.61 Å². The molecule has 26 heavy (non-hydrogen) atoms. The Kier molecular flexibility index (Phi) is 8.98. The first-order valence-corrected chi connectivity index (χ1v) is 9.31. The first-order chi connectivity index (χ1) is 12.2. The molecular formula is C18H26N2O5S. The summed E-state index contributed by atoms with van der Waals surface area (Å²) in [6, 6.07) is 6.77. The summed E-state index contributed by atoms with van der Waals surface area (Å²) in [6.45, 7) is 4.65. The molecule has 0 aromatic heterocycles. The van der Waals surface area contributed by atoms with Crippen LogP contribution in [0.25, 0.3) is 0 Å². The van der Waals surface area contributed by atoms with Crippen molar-refractivity contribution >= 4 is 29.7 Å². The number of amides is 2. The fourth-order valence-electron chi connectivity index (χ4n) is 2.01. The molecule has 1 atom stereocenters. The molecule has 0 fully saturated rings. The minimum absolute atomic E-state index is 0.0476. The van der Waals surface area contributed by atoms with Crippen molar-refractivity contribution in [2.24, 2.45) is 0 Å². The third-order valence-electron chi connectivity index (χ3n) is 3.92. The summed E-state index contributed by atoms with van der Waals surface area (Å²) < 4.78 is 5.22. The number of carboxylic acid groups (broad SMARTS) is 1. The Balaban J connectivity index is 2.29. The summed E-state index contributed by atoms with van der Waals surface area (Å²) in [7, 11) is 3.32. The number of rotatable bonds is 9. The van der Waals surface area contributed by atoms with Crippen molar-refractivity contribution in [3.8, 4) is 0 Å². The van der Waals surface area contributed by atoms with Gasteiger partial charge in [-0.3, -0.25) is 4.79 Å². The van der Waals surface area contributed by atoms with Crippen LogP contribution in [0.1, 0.15) is 35.0 Å². The first-order valence-electron chi connectivity index (χ1n) is 8.26. The van der Waals surface area contributed by atoms with Crippen LogP contribution < -0.4 is 0 Å². The minimum Gasteiger partial charge on any atom is -0.478 e. The summed E-state index contributed by atoms with van der Waals surface area (Å²) in [4.78, 5) is 36.8. The average molecular weight is 382 g/mol. The third kappa shape index (κ3) is 7.35. The number of carboxylic acids is 1. The molecule has 1 rings (SSSR count). The van der Waals surface area contributed by atoms with E-state index in [4.69, 9.17) is 9.84 Å². The molecule has 8 heteroatoms. The predicted molar refractivity (Wildman–Crippen MR) is 102 cm³/mol. The lowest BCUT2D eigenvalue weighted by Gasteiger charge is -2.21. The Morgan fingerprint density at radius 1 is 1.12 bits per heavy atom. The second-order valence-electron chi connectivity index (χ2n) is 5.92. The van der Waals surface area contributed by atoms with Crippen molar-refractivity contribution in [1.82, 2.24) is 9.80 Å². The van der Waals surface area contributed by atoms with Crippen LogP contribution in [0.15, 0.2) is 24.3 Å². The number of nitrogens with zero attached hydrogens (tertiary/aromatic N) is 2. The monoisotopic (exact) mass is 382 g/mol. The van der Waals surface area contributed by atoms with Crippen LogP contribution in [0.4, 0.5) is 4.79 Å². The van der Waals surface area contributed by atoms with Crippen LogP contribution in [-0.4, -0.2) is 72.4 Å². The zero-order valence-electron chi connectivity index (χ0n) is 15.6. The highest BCUT2D eigenvalue weighted by Crippen LogP contribution is 2.28. The van der Waals surface area contributed by atoms with E-state index in [-0.39, 0.29) is 23.3 Å². The molecule has 1 aromatic carbocycles. The highest BCUT2D eigenvalue weighted by atomic mass is 32.2. The first kappa shape index (κ1) is 21.8. The zero-order chi connectivity index (χ0) is 19.7. The van der Waals surface area contributed by atoms with Gasteiger partial charge >= 0.3 is 12.1 Å². The molecule has 144 valence electrons. The molecule has 0 aliphatic rings. The molecule has 7 nitrogen and oxygen atoms in total. The molecule has 0 bridgehead atoms. The Hall–Kier alpha value is -2.22. The van der Waals surface area contributed by atoms with Crippen molar-refractivity contribution < 1.29 is 24.2 Å². The Morgan fingerprint density at radius 3 is 2.23 bits per heavy atom. The normalized spacial score (nSPS) is 11.5.